The highest BCUT2D eigenvalue weighted by Gasteiger charge is 2.44. The van der Waals surface area contributed by atoms with E-state index in [0.29, 0.717) is 11.7 Å². The number of nitriles is 1. The second-order valence-electron chi connectivity index (χ2n) is 7.09. The summed E-state index contributed by atoms with van der Waals surface area (Å²) in [4.78, 5) is 18.5. The van der Waals surface area contributed by atoms with Crippen LogP contribution >= 0.6 is 11.8 Å². The summed E-state index contributed by atoms with van der Waals surface area (Å²) >= 11 is 1.32. The van der Waals surface area contributed by atoms with E-state index in [-0.39, 0.29) is 16.7 Å². The van der Waals surface area contributed by atoms with Gasteiger partial charge in [-0.05, 0) is 24.8 Å². The van der Waals surface area contributed by atoms with Crippen molar-refractivity contribution in [3.05, 3.63) is 58.4 Å². The van der Waals surface area contributed by atoms with Gasteiger partial charge < -0.3 is 0 Å². The largest absolute Gasteiger partial charge is 0.283 e. The summed E-state index contributed by atoms with van der Waals surface area (Å²) in [6.45, 7) is 4.21. The molecule has 26 heavy (non-hydrogen) atoms. The van der Waals surface area contributed by atoms with E-state index >= 15 is 0 Å². The summed E-state index contributed by atoms with van der Waals surface area (Å²) in [5, 5.41) is 9.59. The van der Waals surface area contributed by atoms with Crippen LogP contribution in [0.3, 0.4) is 0 Å². The Balaban J connectivity index is 2.02. The second kappa shape index (κ2) is 6.77. The van der Waals surface area contributed by atoms with Crippen LogP contribution in [0.5, 0.6) is 0 Å². The van der Waals surface area contributed by atoms with Crippen molar-refractivity contribution in [2.45, 2.75) is 49.2 Å². The first-order valence-electron chi connectivity index (χ1n) is 9.04. The normalized spacial score (nSPS) is 16.7. The zero-order chi connectivity index (χ0) is 18.1. The molecular weight excluding hydrogens is 342 g/mol. The predicted octanol–water partition coefficient (Wildman–Crippen LogP) is 4.08. The molecule has 0 aliphatic heterocycles. The molecule has 2 aliphatic rings. The highest BCUT2D eigenvalue weighted by molar-refractivity contribution is 7.99. The Morgan fingerprint density at radius 3 is 2.85 bits per heavy atom. The summed E-state index contributed by atoms with van der Waals surface area (Å²) in [5.74, 6) is 0.273. The van der Waals surface area contributed by atoms with Crippen LogP contribution < -0.4 is 5.56 Å². The van der Waals surface area contributed by atoms with Crippen LogP contribution in [0.15, 0.2) is 46.9 Å². The monoisotopic (exact) mass is 363 g/mol. The van der Waals surface area contributed by atoms with E-state index in [9.17, 15) is 4.79 Å². The molecular formula is C21H21N3OS. The minimum atomic E-state index is -0.0882. The molecule has 1 heterocycles. The van der Waals surface area contributed by atoms with Crippen molar-refractivity contribution >= 4 is 11.8 Å². The van der Waals surface area contributed by atoms with Crippen LogP contribution in [0.1, 0.15) is 36.8 Å². The lowest BCUT2D eigenvalue weighted by Crippen LogP contribution is -2.40. The molecule has 0 N–H and O–H groups in total. The number of hydrogen-bond acceptors (Lipinski definition) is 4. The number of thioether (sulfide) groups is 1. The van der Waals surface area contributed by atoms with E-state index in [1.165, 1.54) is 17.3 Å². The Labute approximate surface area is 157 Å². The Kier molecular flexibility index (Phi) is 4.46. The van der Waals surface area contributed by atoms with Gasteiger partial charge >= 0.3 is 0 Å². The molecule has 2 aliphatic carbocycles. The Hall–Kier alpha value is -2.32. The maximum atomic E-state index is 13.5. The van der Waals surface area contributed by atoms with Crippen molar-refractivity contribution in [1.82, 2.24) is 9.55 Å². The van der Waals surface area contributed by atoms with Gasteiger partial charge in [-0.15, -0.1) is 6.58 Å². The summed E-state index contributed by atoms with van der Waals surface area (Å²) in [6.07, 6.45) is 7.06. The number of rotatable bonds is 4. The first kappa shape index (κ1) is 17.1. The molecule has 4 nitrogen and oxygen atoms in total. The molecule has 2 aromatic rings. The third kappa shape index (κ3) is 2.60. The van der Waals surface area contributed by atoms with Gasteiger partial charge in [0.15, 0.2) is 5.16 Å². The fourth-order valence-electron chi connectivity index (χ4n) is 4.54. The summed E-state index contributed by atoms with van der Waals surface area (Å²) in [6, 6.07) is 10.4. The summed E-state index contributed by atoms with van der Waals surface area (Å²) < 4.78 is 1.70. The Morgan fingerprint density at radius 2 is 2.12 bits per heavy atom. The molecule has 1 saturated carbocycles. The zero-order valence-electron chi connectivity index (χ0n) is 14.7. The maximum absolute atomic E-state index is 13.5. The predicted molar refractivity (Wildman–Crippen MR) is 104 cm³/mol. The first-order chi connectivity index (χ1) is 12.7. The van der Waals surface area contributed by atoms with E-state index in [2.05, 4.69) is 30.8 Å². The Bertz CT molecular complexity index is 964. The molecule has 0 unspecified atom stereocenters. The van der Waals surface area contributed by atoms with E-state index < -0.39 is 0 Å². The fraction of sp³-hybridized carbons (Fsp3) is 0.381. The number of aromatic nitrogens is 2. The van der Waals surface area contributed by atoms with E-state index in [1.807, 2.05) is 6.07 Å². The van der Waals surface area contributed by atoms with Gasteiger partial charge in [-0.25, -0.2) is 4.98 Å². The van der Waals surface area contributed by atoms with Gasteiger partial charge in [0.1, 0.15) is 0 Å². The number of benzene rings is 1. The lowest BCUT2D eigenvalue weighted by molar-refractivity contribution is 0.418. The molecule has 0 bridgehead atoms. The Morgan fingerprint density at radius 1 is 1.35 bits per heavy atom. The van der Waals surface area contributed by atoms with Crippen molar-refractivity contribution in [3.8, 4) is 17.3 Å². The van der Waals surface area contributed by atoms with Crippen LogP contribution in [0.4, 0.5) is 0 Å². The third-order valence-electron chi connectivity index (χ3n) is 5.60. The van der Waals surface area contributed by atoms with Crippen molar-refractivity contribution in [1.29, 1.82) is 5.26 Å². The molecule has 1 aromatic heterocycles. The quantitative estimate of drug-likeness (QED) is 0.466. The zero-order valence-corrected chi connectivity index (χ0v) is 15.5. The van der Waals surface area contributed by atoms with Crippen molar-refractivity contribution in [2.75, 3.05) is 5.75 Å². The van der Waals surface area contributed by atoms with E-state index in [0.717, 1.165) is 48.9 Å². The number of fused-ring (bicyclic) bond motifs is 4. The van der Waals surface area contributed by atoms with Gasteiger partial charge in [0.2, 0.25) is 0 Å². The maximum Gasteiger partial charge on any atom is 0.258 e. The lowest BCUT2D eigenvalue weighted by Gasteiger charge is -2.36. The van der Waals surface area contributed by atoms with Crippen molar-refractivity contribution in [3.63, 3.8) is 0 Å². The summed E-state index contributed by atoms with van der Waals surface area (Å²) in [7, 11) is 0. The van der Waals surface area contributed by atoms with Crippen LogP contribution in [0, 0.1) is 11.3 Å². The highest BCUT2D eigenvalue weighted by atomic mass is 32.2. The molecule has 0 atom stereocenters. The second-order valence-corrected chi connectivity index (χ2v) is 8.03. The molecule has 5 heteroatoms. The average Bonchev–Trinajstić information content (AvgIpc) is 3.11. The average molecular weight is 363 g/mol. The van der Waals surface area contributed by atoms with Gasteiger partial charge in [0, 0.05) is 17.5 Å². The van der Waals surface area contributed by atoms with E-state index in [4.69, 9.17) is 10.2 Å². The minimum Gasteiger partial charge on any atom is -0.283 e. The molecule has 0 saturated heterocycles. The number of nitrogens with zero attached hydrogens (tertiary/aromatic N) is 3. The van der Waals surface area contributed by atoms with Crippen LogP contribution in [0.2, 0.25) is 0 Å². The van der Waals surface area contributed by atoms with Gasteiger partial charge in [0.05, 0.1) is 23.1 Å². The molecule has 0 radical (unpaired) electrons. The SMILES string of the molecule is C=CCn1c(SCC#N)nc2c(c1=O)C1(CCCC1)Cc1ccccc1-2. The van der Waals surface area contributed by atoms with Crippen molar-refractivity contribution < 1.29 is 0 Å². The van der Waals surface area contributed by atoms with Crippen LogP contribution in [0.25, 0.3) is 11.3 Å². The first-order valence-corrected chi connectivity index (χ1v) is 10.0. The van der Waals surface area contributed by atoms with Crippen molar-refractivity contribution in [2.24, 2.45) is 0 Å². The van der Waals surface area contributed by atoms with E-state index in [1.54, 1.807) is 10.6 Å². The van der Waals surface area contributed by atoms with Gasteiger partial charge in [-0.3, -0.25) is 9.36 Å². The topological polar surface area (TPSA) is 58.7 Å². The summed E-state index contributed by atoms with van der Waals surface area (Å²) in [5.41, 5.74) is 4.03. The molecule has 132 valence electrons. The van der Waals surface area contributed by atoms with Gasteiger partial charge in [0.25, 0.3) is 5.56 Å². The highest BCUT2D eigenvalue weighted by Crippen LogP contribution is 2.49. The van der Waals surface area contributed by atoms with Gasteiger partial charge in [-0.2, -0.15) is 5.26 Å². The lowest BCUT2D eigenvalue weighted by atomic mass is 9.68. The fourth-order valence-corrected chi connectivity index (χ4v) is 5.20. The third-order valence-corrected chi connectivity index (χ3v) is 6.45. The molecule has 1 aromatic carbocycles. The molecule has 1 fully saturated rings. The van der Waals surface area contributed by atoms with Crippen LogP contribution in [-0.2, 0) is 18.4 Å². The standard InChI is InChI=1S/C21H21N3OS/c1-2-12-24-19(25)17-18(23-20(24)26-13-11-22)16-8-4-3-7-15(16)14-21(17)9-5-6-10-21/h2-4,7-8H,1,5-6,9-10,12-14H2. The molecule has 1 spiro atoms. The molecule has 0 amide bonds. The molecule has 4 rings (SSSR count). The smallest absolute Gasteiger partial charge is 0.258 e. The number of hydrogen-bond donors (Lipinski definition) is 0. The van der Waals surface area contributed by atoms with Gasteiger partial charge in [-0.1, -0.05) is 54.9 Å². The minimum absolute atomic E-state index is 0.0479. The van der Waals surface area contributed by atoms with Crippen LogP contribution in [-0.4, -0.2) is 15.3 Å². The number of allylic oxidation sites excluding steroid dienone is 1.